The second-order valence-electron chi connectivity index (χ2n) is 3.27. The zero-order valence-corrected chi connectivity index (χ0v) is 8.88. The summed E-state index contributed by atoms with van der Waals surface area (Å²) in [6.07, 6.45) is 2.15. The Morgan fingerprint density at radius 3 is 2.93 bits per heavy atom. The lowest BCUT2D eigenvalue weighted by Gasteiger charge is -2.16. The van der Waals surface area contributed by atoms with Crippen LogP contribution in [-0.4, -0.2) is 28.8 Å². The second-order valence-corrected chi connectivity index (χ2v) is 3.27. The zero-order chi connectivity index (χ0) is 11.3. The van der Waals surface area contributed by atoms with Crippen molar-refractivity contribution in [1.29, 1.82) is 0 Å². The molecular formula is C11H15NO3. The standard InChI is InChI=1S/C11H15NO3/c1-3-15-11(14)10(13)8(2)9-5-4-6-12-7-9/h4-8,10,13H,3H2,1-2H3. The van der Waals surface area contributed by atoms with Crippen LogP contribution in [0.1, 0.15) is 25.3 Å². The van der Waals surface area contributed by atoms with E-state index in [9.17, 15) is 9.90 Å². The second kappa shape index (κ2) is 5.46. The average molecular weight is 209 g/mol. The quantitative estimate of drug-likeness (QED) is 0.754. The topological polar surface area (TPSA) is 59.4 Å². The summed E-state index contributed by atoms with van der Waals surface area (Å²) in [5.74, 6) is -0.897. The number of pyridine rings is 1. The van der Waals surface area contributed by atoms with Gasteiger partial charge in [-0.3, -0.25) is 4.98 Å². The van der Waals surface area contributed by atoms with Gasteiger partial charge in [0, 0.05) is 18.3 Å². The maximum atomic E-state index is 11.3. The van der Waals surface area contributed by atoms with Crippen molar-refractivity contribution in [1.82, 2.24) is 4.98 Å². The van der Waals surface area contributed by atoms with Crippen LogP contribution in [0.4, 0.5) is 0 Å². The number of ether oxygens (including phenoxy) is 1. The smallest absolute Gasteiger partial charge is 0.335 e. The van der Waals surface area contributed by atoms with Gasteiger partial charge in [-0.2, -0.15) is 0 Å². The molecule has 1 aromatic rings. The van der Waals surface area contributed by atoms with E-state index in [-0.39, 0.29) is 12.5 Å². The molecule has 0 bridgehead atoms. The average Bonchev–Trinajstić information content (AvgIpc) is 2.28. The molecule has 2 unspecified atom stereocenters. The number of hydrogen-bond acceptors (Lipinski definition) is 4. The van der Waals surface area contributed by atoms with E-state index in [0.717, 1.165) is 5.56 Å². The number of aromatic nitrogens is 1. The van der Waals surface area contributed by atoms with Crippen LogP contribution in [0.5, 0.6) is 0 Å². The molecule has 0 aliphatic carbocycles. The third-order valence-corrected chi connectivity index (χ3v) is 2.21. The van der Waals surface area contributed by atoms with Gasteiger partial charge in [0.2, 0.25) is 0 Å². The first-order valence-electron chi connectivity index (χ1n) is 4.91. The molecule has 2 atom stereocenters. The third kappa shape index (κ3) is 3.02. The molecule has 0 saturated carbocycles. The largest absolute Gasteiger partial charge is 0.464 e. The number of aliphatic hydroxyl groups excluding tert-OH is 1. The highest BCUT2D eigenvalue weighted by Crippen LogP contribution is 2.18. The van der Waals surface area contributed by atoms with Gasteiger partial charge in [-0.1, -0.05) is 13.0 Å². The van der Waals surface area contributed by atoms with Crippen molar-refractivity contribution in [3.8, 4) is 0 Å². The first-order valence-corrected chi connectivity index (χ1v) is 4.91. The summed E-state index contributed by atoms with van der Waals surface area (Å²) in [5.41, 5.74) is 0.818. The molecule has 4 nitrogen and oxygen atoms in total. The van der Waals surface area contributed by atoms with E-state index >= 15 is 0 Å². The van der Waals surface area contributed by atoms with Crippen LogP contribution in [0.3, 0.4) is 0 Å². The Hall–Kier alpha value is -1.42. The van der Waals surface area contributed by atoms with E-state index in [2.05, 4.69) is 4.98 Å². The fraction of sp³-hybridized carbons (Fsp3) is 0.455. The highest BCUT2D eigenvalue weighted by Gasteiger charge is 2.24. The highest BCUT2D eigenvalue weighted by molar-refractivity contribution is 5.75. The summed E-state index contributed by atoms with van der Waals surface area (Å²) in [6, 6.07) is 3.59. The molecule has 0 spiro atoms. The normalized spacial score (nSPS) is 14.3. The lowest BCUT2D eigenvalue weighted by atomic mass is 9.97. The third-order valence-electron chi connectivity index (χ3n) is 2.21. The van der Waals surface area contributed by atoms with Crippen LogP contribution in [-0.2, 0) is 9.53 Å². The Morgan fingerprint density at radius 1 is 1.67 bits per heavy atom. The van der Waals surface area contributed by atoms with E-state index in [1.165, 1.54) is 0 Å². The summed E-state index contributed by atoms with van der Waals surface area (Å²) in [5, 5.41) is 9.67. The Morgan fingerprint density at radius 2 is 2.40 bits per heavy atom. The number of rotatable bonds is 4. The lowest BCUT2D eigenvalue weighted by molar-refractivity contribution is -0.154. The van der Waals surface area contributed by atoms with E-state index in [0.29, 0.717) is 0 Å². The van der Waals surface area contributed by atoms with Crippen molar-refractivity contribution in [2.24, 2.45) is 0 Å². The van der Waals surface area contributed by atoms with Crippen LogP contribution in [0, 0.1) is 0 Å². The van der Waals surface area contributed by atoms with Crippen LogP contribution in [0.25, 0.3) is 0 Å². The minimum absolute atomic E-state index is 0.273. The minimum Gasteiger partial charge on any atom is -0.464 e. The summed E-state index contributed by atoms with van der Waals surface area (Å²) in [6.45, 7) is 3.74. The predicted molar refractivity (Wildman–Crippen MR) is 55.3 cm³/mol. The number of carbonyl (C=O) groups excluding carboxylic acids is 1. The van der Waals surface area contributed by atoms with Crippen molar-refractivity contribution in [3.05, 3.63) is 30.1 Å². The van der Waals surface area contributed by atoms with Crippen LogP contribution < -0.4 is 0 Å². The van der Waals surface area contributed by atoms with Gasteiger partial charge in [0.15, 0.2) is 6.10 Å². The van der Waals surface area contributed by atoms with Crippen molar-refractivity contribution in [2.45, 2.75) is 25.9 Å². The van der Waals surface area contributed by atoms with Gasteiger partial charge in [0.05, 0.1) is 6.61 Å². The molecule has 4 heteroatoms. The molecule has 0 aromatic carbocycles. The Balaban J connectivity index is 2.68. The zero-order valence-electron chi connectivity index (χ0n) is 8.88. The Bertz CT molecular complexity index is 313. The summed E-state index contributed by atoms with van der Waals surface area (Å²) in [4.78, 5) is 15.2. The molecule has 15 heavy (non-hydrogen) atoms. The molecule has 0 aliphatic heterocycles. The van der Waals surface area contributed by atoms with E-state index in [1.807, 2.05) is 6.07 Å². The minimum atomic E-state index is -1.13. The summed E-state index contributed by atoms with van der Waals surface area (Å²) >= 11 is 0. The monoisotopic (exact) mass is 209 g/mol. The van der Waals surface area contributed by atoms with Gasteiger partial charge in [0.25, 0.3) is 0 Å². The maximum absolute atomic E-state index is 11.3. The number of carbonyl (C=O) groups is 1. The maximum Gasteiger partial charge on any atom is 0.335 e. The summed E-state index contributed by atoms with van der Waals surface area (Å²) in [7, 11) is 0. The fourth-order valence-electron chi connectivity index (χ4n) is 1.26. The molecular weight excluding hydrogens is 194 g/mol. The van der Waals surface area contributed by atoms with E-state index in [4.69, 9.17) is 4.74 Å². The molecule has 1 rings (SSSR count). The fourth-order valence-corrected chi connectivity index (χ4v) is 1.26. The van der Waals surface area contributed by atoms with Gasteiger partial charge < -0.3 is 9.84 Å². The number of hydrogen-bond donors (Lipinski definition) is 1. The van der Waals surface area contributed by atoms with Crippen LogP contribution in [0.15, 0.2) is 24.5 Å². The molecule has 0 fully saturated rings. The number of nitrogens with zero attached hydrogens (tertiary/aromatic N) is 1. The predicted octanol–water partition coefficient (Wildman–Crippen LogP) is 1.11. The van der Waals surface area contributed by atoms with Crippen molar-refractivity contribution in [3.63, 3.8) is 0 Å². The molecule has 0 saturated heterocycles. The Kier molecular flexibility index (Phi) is 4.24. The molecule has 0 amide bonds. The van der Waals surface area contributed by atoms with Crippen molar-refractivity contribution >= 4 is 5.97 Å². The first-order chi connectivity index (χ1) is 7.16. The lowest BCUT2D eigenvalue weighted by Crippen LogP contribution is -2.28. The highest BCUT2D eigenvalue weighted by atomic mass is 16.5. The Labute approximate surface area is 88.9 Å². The molecule has 1 heterocycles. The van der Waals surface area contributed by atoms with E-state index in [1.54, 1.807) is 32.3 Å². The molecule has 1 aromatic heterocycles. The van der Waals surface area contributed by atoms with Crippen molar-refractivity contribution < 1.29 is 14.6 Å². The van der Waals surface area contributed by atoms with Gasteiger partial charge >= 0.3 is 5.97 Å². The van der Waals surface area contributed by atoms with Gasteiger partial charge in [-0.05, 0) is 18.6 Å². The van der Waals surface area contributed by atoms with E-state index < -0.39 is 12.1 Å². The first kappa shape index (κ1) is 11.7. The van der Waals surface area contributed by atoms with Crippen LogP contribution >= 0.6 is 0 Å². The number of aliphatic hydroxyl groups is 1. The number of esters is 1. The molecule has 0 radical (unpaired) electrons. The van der Waals surface area contributed by atoms with Gasteiger partial charge in [-0.15, -0.1) is 0 Å². The molecule has 82 valence electrons. The SMILES string of the molecule is CCOC(=O)C(O)C(C)c1cccnc1. The van der Waals surface area contributed by atoms with Gasteiger partial charge in [0.1, 0.15) is 0 Å². The molecule has 1 N–H and O–H groups in total. The van der Waals surface area contributed by atoms with Crippen LogP contribution in [0.2, 0.25) is 0 Å². The summed E-state index contributed by atoms with van der Waals surface area (Å²) < 4.78 is 4.74. The molecule has 0 aliphatic rings. The van der Waals surface area contributed by atoms with Crippen molar-refractivity contribution in [2.75, 3.05) is 6.61 Å². The van der Waals surface area contributed by atoms with Gasteiger partial charge in [-0.25, -0.2) is 4.79 Å².